The van der Waals surface area contributed by atoms with Crippen LogP contribution in [0.15, 0.2) is 30.5 Å². The largest absolute Gasteiger partial charge is 0.504 e. The van der Waals surface area contributed by atoms with Gasteiger partial charge in [0.15, 0.2) is 22.4 Å². The molecule has 0 spiro atoms. The summed E-state index contributed by atoms with van der Waals surface area (Å²) in [4.78, 5) is 0. The fourth-order valence-corrected chi connectivity index (χ4v) is 2.86. The summed E-state index contributed by atoms with van der Waals surface area (Å²) < 4.78 is 5.77. The Hall–Kier alpha value is -2.01. The smallest absolute Gasteiger partial charge is 0.196 e. The van der Waals surface area contributed by atoms with Gasteiger partial charge in [0, 0.05) is 6.04 Å². The molecule has 1 fully saturated rings. The van der Waals surface area contributed by atoms with Gasteiger partial charge in [-0.1, -0.05) is 43.0 Å². The second kappa shape index (κ2) is 6.83. The minimum absolute atomic E-state index is 0.0546. The Morgan fingerprint density at radius 3 is 2.73 bits per heavy atom. The third kappa shape index (κ3) is 3.42. The van der Waals surface area contributed by atoms with Crippen molar-refractivity contribution in [1.29, 1.82) is 0 Å². The lowest BCUT2D eigenvalue weighted by Gasteiger charge is -2.24. The van der Waals surface area contributed by atoms with Gasteiger partial charge in [-0.25, -0.2) is 0 Å². The van der Waals surface area contributed by atoms with Gasteiger partial charge >= 0.3 is 0 Å². The second-order valence-electron chi connectivity index (χ2n) is 5.43. The molecule has 1 heterocycles. The van der Waals surface area contributed by atoms with Gasteiger partial charge in [-0.2, -0.15) is 5.10 Å². The van der Waals surface area contributed by atoms with Crippen molar-refractivity contribution in [3.63, 3.8) is 0 Å². The van der Waals surface area contributed by atoms with Crippen LogP contribution in [0.25, 0.3) is 0 Å². The summed E-state index contributed by atoms with van der Waals surface area (Å²) in [7, 11) is 0. The molecule has 22 heavy (non-hydrogen) atoms. The number of halogens is 1. The molecular weight excluding hydrogens is 302 g/mol. The van der Waals surface area contributed by atoms with Crippen LogP contribution in [-0.2, 0) is 0 Å². The maximum atomic E-state index is 9.85. The van der Waals surface area contributed by atoms with E-state index in [0.29, 0.717) is 23.2 Å². The Balaban J connectivity index is 1.84. The average Bonchev–Trinajstić information content (AvgIpc) is 2.53. The Labute approximate surface area is 134 Å². The topological polar surface area (TPSA) is 67.3 Å². The number of rotatable bonds is 4. The molecule has 116 valence electrons. The highest BCUT2D eigenvalue weighted by atomic mass is 35.5. The lowest BCUT2D eigenvalue weighted by molar-refractivity contribution is 0.409. The van der Waals surface area contributed by atoms with Crippen LogP contribution >= 0.6 is 11.6 Å². The van der Waals surface area contributed by atoms with E-state index in [1.54, 1.807) is 30.5 Å². The molecule has 1 aromatic carbocycles. The third-order valence-electron chi connectivity index (χ3n) is 3.81. The molecular formula is C16H18ClN3O2. The van der Waals surface area contributed by atoms with Crippen LogP contribution in [0.2, 0.25) is 5.15 Å². The van der Waals surface area contributed by atoms with Gasteiger partial charge in [0.1, 0.15) is 5.69 Å². The number of aromatic nitrogens is 2. The van der Waals surface area contributed by atoms with Crippen molar-refractivity contribution >= 4 is 17.3 Å². The fourth-order valence-electron chi connectivity index (χ4n) is 2.67. The molecule has 0 aliphatic heterocycles. The quantitative estimate of drug-likeness (QED) is 0.875. The van der Waals surface area contributed by atoms with Crippen LogP contribution in [0.1, 0.15) is 32.1 Å². The number of ether oxygens (including phenoxy) is 1. The van der Waals surface area contributed by atoms with Gasteiger partial charge in [0.2, 0.25) is 0 Å². The number of nitrogens with zero attached hydrogens (tertiary/aromatic N) is 2. The van der Waals surface area contributed by atoms with Crippen LogP contribution in [0.5, 0.6) is 17.2 Å². The van der Waals surface area contributed by atoms with Gasteiger partial charge in [-0.3, -0.25) is 0 Å². The van der Waals surface area contributed by atoms with Gasteiger partial charge in [0.05, 0.1) is 6.20 Å². The molecule has 2 N–H and O–H groups in total. The summed E-state index contributed by atoms with van der Waals surface area (Å²) in [6, 6.07) is 7.14. The molecule has 0 radical (unpaired) electrons. The Kier molecular flexibility index (Phi) is 4.63. The van der Waals surface area contributed by atoms with Crippen LogP contribution in [-0.4, -0.2) is 21.3 Å². The number of para-hydroxylation sites is 2. The molecule has 0 saturated heterocycles. The van der Waals surface area contributed by atoms with E-state index in [4.69, 9.17) is 16.3 Å². The monoisotopic (exact) mass is 319 g/mol. The Morgan fingerprint density at radius 1 is 1.18 bits per heavy atom. The molecule has 3 rings (SSSR count). The predicted molar refractivity (Wildman–Crippen MR) is 85.7 cm³/mol. The molecule has 1 aliphatic carbocycles. The molecule has 6 heteroatoms. The van der Waals surface area contributed by atoms with Crippen LogP contribution in [0.4, 0.5) is 5.69 Å². The number of phenols is 1. The van der Waals surface area contributed by atoms with Crippen molar-refractivity contribution in [3.8, 4) is 17.2 Å². The highest BCUT2D eigenvalue weighted by Crippen LogP contribution is 2.38. The zero-order valence-corrected chi connectivity index (χ0v) is 12.9. The van der Waals surface area contributed by atoms with Crippen LogP contribution < -0.4 is 10.1 Å². The van der Waals surface area contributed by atoms with Crippen LogP contribution in [0.3, 0.4) is 0 Å². The lowest BCUT2D eigenvalue weighted by atomic mass is 9.95. The Morgan fingerprint density at radius 2 is 1.95 bits per heavy atom. The first kappa shape index (κ1) is 14.9. The van der Waals surface area contributed by atoms with Crippen molar-refractivity contribution in [2.45, 2.75) is 38.1 Å². The SMILES string of the molecule is Oc1ccccc1Oc1c(NC2CCCCC2)cnnc1Cl. The molecule has 0 unspecified atom stereocenters. The maximum Gasteiger partial charge on any atom is 0.196 e. The van der Waals surface area contributed by atoms with Crippen molar-refractivity contribution in [2.24, 2.45) is 0 Å². The fraction of sp³-hybridized carbons (Fsp3) is 0.375. The van der Waals surface area contributed by atoms with Crippen molar-refractivity contribution in [2.75, 3.05) is 5.32 Å². The number of phenolic OH excluding ortho intramolecular Hbond substituents is 1. The highest BCUT2D eigenvalue weighted by Gasteiger charge is 2.18. The van der Waals surface area contributed by atoms with Crippen LogP contribution in [0, 0.1) is 0 Å². The summed E-state index contributed by atoms with van der Waals surface area (Å²) in [5.41, 5.74) is 0.704. The number of hydrogen-bond acceptors (Lipinski definition) is 5. The summed E-state index contributed by atoms with van der Waals surface area (Å²) in [5, 5.41) is 21.2. The molecule has 1 aliphatic rings. The average molecular weight is 320 g/mol. The van der Waals surface area contributed by atoms with E-state index >= 15 is 0 Å². The first-order valence-electron chi connectivity index (χ1n) is 7.47. The van der Waals surface area contributed by atoms with E-state index in [1.165, 1.54) is 19.3 Å². The molecule has 1 aromatic heterocycles. The zero-order chi connectivity index (χ0) is 15.4. The summed E-state index contributed by atoms with van der Waals surface area (Å²) in [6.45, 7) is 0. The Bertz CT molecular complexity index is 645. The second-order valence-corrected chi connectivity index (χ2v) is 5.79. The number of benzene rings is 1. The normalized spacial score (nSPS) is 15.5. The first-order valence-corrected chi connectivity index (χ1v) is 7.85. The van der Waals surface area contributed by atoms with E-state index in [9.17, 15) is 5.11 Å². The lowest BCUT2D eigenvalue weighted by Crippen LogP contribution is -2.22. The molecule has 2 aromatic rings. The zero-order valence-electron chi connectivity index (χ0n) is 12.1. The molecule has 0 amide bonds. The van der Waals surface area contributed by atoms with Crippen molar-refractivity contribution < 1.29 is 9.84 Å². The number of nitrogens with one attached hydrogen (secondary N) is 1. The maximum absolute atomic E-state index is 9.85. The van der Waals surface area contributed by atoms with Gasteiger partial charge in [-0.05, 0) is 25.0 Å². The molecule has 5 nitrogen and oxygen atoms in total. The number of aromatic hydroxyl groups is 1. The molecule has 1 saturated carbocycles. The van der Waals surface area contributed by atoms with Gasteiger partial charge in [0.25, 0.3) is 0 Å². The highest BCUT2D eigenvalue weighted by molar-refractivity contribution is 6.31. The molecule has 0 atom stereocenters. The van der Waals surface area contributed by atoms with E-state index in [-0.39, 0.29) is 10.9 Å². The molecule has 0 bridgehead atoms. The van der Waals surface area contributed by atoms with Crippen molar-refractivity contribution in [3.05, 3.63) is 35.6 Å². The standard InChI is InChI=1S/C16H18ClN3O2/c17-16-15(22-14-9-5-4-8-13(14)21)12(10-18-20-16)19-11-6-2-1-3-7-11/h4-5,8-11,21H,1-3,6-7H2,(H,19,20). The number of anilines is 1. The summed E-state index contributed by atoms with van der Waals surface area (Å²) in [6.07, 6.45) is 7.58. The van der Waals surface area contributed by atoms with Crippen molar-refractivity contribution in [1.82, 2.24) is 10.2 Å². The predicted octanol–water partition coefficient (Wildman–Crippen LogP) is 4.37. The first-order chi connectivity index (χ1) is 10.7. The third-order valence-corrected chi connectivity index (χ3v) is 4.05. The minimum Gasteiger partial charge on any atom is -0.504 e. The van der Waals surface area contributed by atoms with E-state index in [0.717, 1.165) is 12.8 Å². The van der Waals surface area contributed by atoms with Gasteiger partial charge in [-0.15, -0.1) is 5.10 Å². The number of hydrogen-bond donors (Lipinski definition) is 2. The summed E-state index contributed by atoms with van der Waals surface area (Å²) in [5.74, 6) is 0.784. The van der Waals surface area contributed by atoms with E-state index in [2.05, 4.69) is 15.5 Å². The van der Waals surface area contributed by atoms with E-state index in [1.807, 2.05) is 0 Å². The van der Waals surface area contributed by atoms with Gasteiger partial charge < -0.3 is 15.2 Å². The van der Waals surface area contributed by atoms with E-state index < -0.39 is 0 Å². The summed E-state index contributed by atoms with van der Waals surface area (Å²) >= 11 is 6.13. The minimum atomic E-state index is 0.0546.